The van der Waals surface area contributed by atoms with Gasteiger partial charge in [0.25, 0.3) is 5.91 Å². The van der Waals surface area contributed by atoms with E-state index in [2.05, 4.69) is 30.0 Å². The number of aromatic hydroxyl groups is 1. The van der Waals surface area contributed by atoms with Gasteiger partial charge in [0.05, 0.1) is 24.0 Å². The molecule has 0 radical (unpaired) electrons. The van der Waals surface area contributed by atoms with Gasteiger partial charge in [-0.25, -0.2) is 19.9 Å². The third kappa shape index (κ3) is 4.01. The normalized spacial score (nSPS) is 11.3. The zero-order chi connectivity index (χ0) is 24.7. The molecule has 35 heavy (non-hydrogen) atoms. The van der Waals surface area contributed by atoms with Crippen molar-refractivity contribution >= 4 is 16.8 Å². The highest BCUT2D eigenvalue weighted by molar-refractivity contribution is 6.05. The molecule has 0 aliphatic heterocycles. The highest BCUT2D eigenvalue weighted by Gasteiger charge is 2.22. The molecule has 0 atom stereocenters. The van der Waals surface area contributed by atoms with Crippen molar-refractivity contribution in [2.75, 3.05) is 7.05 Å². The molecule has 178 valence electrons. The Morgan fingerprint density at radius 1 is 1.17 bits per heavy atom. The summed E-state index contributed by atoms with van der Waals surface area (Å²) in [4.78, 5) is 36.2. The topological polar surface area (TPSA) is 131 Å². The highest BCUT2D eigenvalue weighted by Crippen LogP contribution is 2.27. The summed E-state index contributed by atoms with van der Waals surface area (Å²) in [5, 5.41) is 15.1. The number of H-pyrrole nitrogens is 1. The minimum absolute atomic E-state index is 0.0303. The first-order valence-electron chi connectivity index (χ1n) is 11.2. The van der Waals surface area contributed by atoms with Crippen molar-refractivity contribution in [1.82, 2.24) is 44.2 Å². The van der Waals surface area contributed by atoms with Crippen LogP contribution in [-0.4, -0.2) is 62.2 Å². The summed E-state index contributed by atoms with van der Waals surface area (Å²) in [7, 11) is 5.46. The summed E-state index contributed by atoms with van der Waals surface area (Å²) in [5.41, 5.74) is 2.89. The average Bonchev–Trinajstić information content (AvgIpc) is 3.59. The van der Waals surface area contributed by atoms with Gasteiger partial charge in [-0.3, -0.25) is 9.48 Å². The molecule has 11 heteroatoms. The standard InChI is InChI=1S/C24H25N9O2/c1-5-20-27-12-14(32(20)3)13-31(2)24(35)21-16-10-15(34)6-7-17(16)28-22(29-21)18-11-19(33(4)30-18)23-25-8-9-26-23/h6-12,34H,5,13H2,1-4H3,(H,25,26). The number of aromatic amines is 1. The van der Waals surface area contributed by atoms with E-state index in [1.807, 2.05) is 24.6 Å². The maximum atomic E-state index is 13.6. The van der Waals surface area contributed by atoms with Crippen LogP contribution in [0.3, 0.4) is 0 Å². The van der Waals surface area contributed by atoms with Crippen LogP contribution in [0.2, 0.25) is 0 Å². The maximum absolute atomic E-state index is 13.6. The summed E-state index contributed by atoms with van der Waals surface area (Å²) in [6.07, 6.45) is 5.98. The number of hydrogen-bond donors (Lipinski definition) is 2. The first-order chi connectivity index (χ1) is 16.9. The average molecular weight is 472 g/mol. The summed E-state index contributed by atoms with van der Waals surface area (Å²) >= 11 is 0. The number of phenols is 1. The van der Waals surface area contributed by atoms with Crippen molar-refractivity contribution in [3.8, 4) is 28.8 Å². The van der Waals surface area contributed by atoms with Crippen LogP contribution in [0.4, 0.5) is 0 Å². The number of amides is 1. The third-order valence-electron chi connectivity index (χ3n) is 5.97. The van der Waals surface area contributed by atoms with E-state index in [1.165, 1.54) is 12.1 Å². The molecule has 0 spiro atoms. The summed E-state index contributed by atoms with van der Waals surface area (Å²) in [6, 6.07) is 6.52. The largest absolute Gasteiger partial charge is 0.508 e. The molecular formula is C24H25N9O2. The van der Waals surface area contributed by atoms with Crippen molar-refractivity contribution in [2.45, 2.75) is 19.9 Å². The molecule has 1 aromatic carbocycles. The van der Waals surface area contributed by atoms with Gasteiger partial charge in [-0.05, 0) is 24.3 Å². The Hall–Kier alpha value is -4.54. The number of hydrogen-bond acceptors (Lipinski definition) is 7. The van der Waals surface area contributed by atoms with E-state index in [0.717, 1.165) is 23.6 Å². The highest BCUT2D eigenvalue weighted by atomic mass is 16.3. The zero-order valence-electron chi connectivity index (χ0n) is 19.9. The van der Waals surface area contributed by atoms with Crippen molar-refractivity contribution < 1.29 is 9.90 Å². The lowest BCUT2D eigenvalue weighted by molar-refractivity contribution is 0.0778. The molecule has 0 saturated heterocycles. The van der Waals surface area contributed by atoms with Crippen LogP contribution >= 0.6 is 0 Å². The monoisotopic (exact) mass is 471 g/mol. The molecule has 5 aromatic rings. The Kier molecular flexibility index (Phi) is 5.51. The first kappa shape index (κ1) is 22.3. The molecule has 5 rings (SSSR count). The molecule has 0 bridgehead atoms. The lowest BCUT2D eigenvalue weighted by Crippen LogP contribution is -2.28. The summed E-state index contributed by atoms with van der Waals surface area (Å²) in [6.45, 7) is 2.39. The number of nitrogens with zero attached hydrogens (tertiary/aromatic N) is 8. The van der Waals surface area contributed by atoms with Crippen molar-refractivity contribution in [1.29, 1.82) is 0 Å². The Morgan fingerprint density at radius 2 is 2.00 bits per heavy atom. The van der Waals surface area contributed by atoms with Crippen LogP contribution in [0.5, 0.6) is 5.75 Å². The molecular weight excluding hydrogens is 446 g/mol. The Morgan fingerprint density at radius 3 is 2.71 bits per heavy atom. The first-order valence-corrected chi connectivity index (χ1v) is 11.2. The third-order valence-corrected chi connectivity index (χ3v) is 5.97. The second-order valence-electron chi connectivity index (χ2n) is 8.31. The number of phenolic OH excluding ortho intramolecular Hbond substituents is 1. The number of rotatable bonds is 6. The molecule has 4 heterocycles. The van der Waals surface area contributed by atoms with E-state index in [1.54, 1.807) is 48.3 Å². The quantitative estimate of drug-likeness (QED) is 0.389. The van der Waals surface area contributed by atoms with E-state index in [-0.39, 0.29) is 17.4 Å². The van der Waals surface area contributed by atoms with Gasteiger partial charge in [-0.1, -0.05) is 6.92 Å². The van der Waals surface area contributed by atoms with Crippen LogP contribution in [0.1, 0.15) is 28.9 Å². The molecule has 2 N–H and O–H groups in total. The molecule has 4 aromatic heterocycles. The summed E-state index contributed by atoms with van der Waals surface area (Å²) in [5.74, 6) is 1.65. The molecule has 0 fully saturated rings. The van der Waals surface area contributed by atoms with E-state index < -0.39 is 0 Å². The van der Waals surface area contributed by atoms with Crippen LogP contribution in [0.25, 0.3) is 33.9 Å². The van der Waals surface area contributed by atoms with Crippen LogP contribution in [0.15, 0.2) is 42.9 Å². The lowest BCUT2D eigenvalue weighted by Gasteiger charge is -2.18. The van der Waals surface area contributed by atoms with Gasteiger partial charge in [-0.15, -0.1) is 0 Å². The number of carbonyl (C=O) groups is 1. The van der Waals surface area contributed by atoms with Gasteiger partial charge < -0.3 is 19.6 Å². The minimum Gasteiger partial charge on any atom is -0.508 e. The van der Waals surface area contributed by atoms with Crippen molar-refractivity contribution in [3.63, 3.8) is 0 Å². The van der Waals surface area contributed by atoms with E-state index >= 15 is 0 Å². The zero-order valence-corrected chi connectivity index (χ0v) is 19.9. The number of carbonyl (C=O) groups excluding carboxylic acids is 1. The van der Waals surface area contributed by atoms with Gasteiger partial charge >= 0.3 is 0 Å². The van der Waals surface area contributed by atoms with Crippen molar-refractivity contribution in [3.05, 3.63) is 60.1 Å². The van der Waals surface area contributed by atoms with Crippen molar-refractivity contribution in [2.24, 2.45) is 14.1 Å². The smallest absolute Gasteiger partial charge is 0.273 e. The predicted octanol–water partition coefficient (Wildman–Crippen LogP) is 2.69. The van der Waals surface area contributed by atoms with Gasteiger partial charge in [0.15, 0.2) is 11.6 Å². The molecule has 11 nitrogen and oxygen atoms in total. The number of imidazole rings is 2. The van der Waals surface area contributed by atoms with E-state index in [9.17, 15) is 9.90 Å². The Labute approximate surface area is 201 Å². The molecule has 0 aliphatic carbocycles. The Bertz CT molecular complexity index is 1530. The van der Waals surface area contributed by atoms with E-state index in [4.69, 9.17) is 0 Å². The van der Waals surface area contributed by atoms with Gasteiger partial charge in [0.2, 0.25) is 0 Å². The SMILES string of the molecule is CCc1ncc(CN(C)C(=O)c2nc(-c3cc(-c4ncc[nH]4)n(C)n3)nc3ccc(O)cc23)n1C. The number of fused-ring (bicyclic) bond motifs is 1. The number of nitrogens with one attached hydrogen (secondary N) is 1. The molecule has 0 unspecified atom stereocenters. The fourth-order valence-corrected chi connectivity index (χ4v) is 4.06. The lowest BCUT2D eigenvalue weighted by atomic mass is 10.1. The predicted molar refractivity (Wildman–Crippen MR) is 129 cm³/mol. The van der Waals surface area contributed by atoms with Gasteiger partial charge in [0.1, 0.15) is 28.7 Å². The number of benzene rings is 1. The molecule has 0 aliphatic rings. The Balaban J connectivity index is 1.57. The number of aryl methyl sites for hydroxylation is 2. The van der Waals surface area contributed by atoms with Crippen LogP contribution in [0, 0.1) is 0 Å². The van der Waals surface area contributed by atoms with Gasteiger partial charge in [0, 0.05) is 45.3 Å². The fourth-order valence-electron chi connectivity index (χ4n) is 4.06. The minimum atomic E-state index is -0.300. The fraction of sp³-hybridized carbons (Fsp3) is 0.250. The van der Waals surface area contributed by atoms with Crippen LogP contribution < -0.4 is 0 Å². The second-order valence-corrected chi connectivity index (χ2v) is 8.31. The van der Waals surface area contributed by atoms with Gasteiger partial charge in [-0.2, -0.15) is 5.10 Å². The summed E-state index contributed by atoms with van der Waals surface area (Å²) < 4.78 is 3.67. The number of aromatic nitrogens is 8. The molecule has 0 saturated carbocycles. The van der Waals surface area contributed by atoms with Crippen LogP contribution in [-0.2, 0) is 27.1 Å². The molecule has 1 amide bonds. The second kappa shape index (κ2) is 8.67. The van der Waals surface area contributed by atoms with E-state index in [0.29, 0.717) is 34.8 Å². The maximum Gasteiger partial charge on any atom is 0.273 e.